The fraction of sp³-hybridized carbons (Fsp3) is 0.900. The van der Waals surface area contributed by atoms with E-state index in [0.29, 0.717) is 25.2 Å². The number of likely N-dealkylation sites (N-methyl/N-ethyl adjacent to an activating group) is 1. The minimum absolute atomic E-state index is 0.0105. The Morgan fingerprint density at radius 1 is 0.760 bits per heavy atom. The van der Waals surface area contributed by atoms with Crippen LogP contribution in [-0.2, 0) is 14.3 Å². The summed E-state index contributed by atoms with van der Waals surface area (Å²) in [4.78, 5) is 28.8. The minimum atomic E-state index is -0.0281. The molecule has 0 aliphatic heterocycles. The van der Waals surface area contributed by atoms with E-state index in [0.717, 1.165) is 25.7 Å². The third-order valence-electron chi connectivity index (χ3n) is 5.79. The van der Waals surface area contributed by atoms with E-state index in [4.69, 9.17) is 4.74 Å². The van der Waals surface area contributed by atoms with Gasteiger partial charge < -0.3 is 14.5 Å². The second-order valence-corrected chi connectivity index (χ2v) is 7.44. The lowest BCUT2D eigenvalue weighted by molar-refractivity contribution is -0.146. The summed E-state index contributed by atoms with van der Waals surface area (Å²) in [5, 5.41) is 0. The SMILES string of the molecule is CCN(CC)C(=O)COCC(=O)N(C1CCCCC1)C1CCCCC1. The first-order valence-electron chi connectivity index (χ1n) is 10.3. The van der Waals surface area contributed by atoms with Gasteiger partial charge in [0, 0.05) is 25.2 Å². The topological polar surface area (TPSA) is 49.9 Å². The molecule has 2 saturated carbocycles. The molecule has 2 aliphatic rings. The molecule has 2 rings (SSSR count). The summed E-state index contributed by atoms with van der Waals surface area (Å²) >= 11 is 0. The average Bonchev–Trinajstić information content (AvgIpc) is 2.65. The molecule has 2 fully saturated rings. The second kappa shape index (κ2) is 10.8. The fourth-order valence-electron chi connectivity index (χ4n) is 4.39. The number of carbonyl (C=O) groups excluding carboxylic acids is 2. The van der Waals surface area contributed by atoms with Gasteiger partial charge in [-0.1, -0.05) is 38.5 Å². The van der Waals surface area contributed by atoms with E-state index in [9.17, 15) is 9.59 Å². The highest BCUT2D eigenvalue weighted by Crippen LogP contribution is 2.30. The summed E-state index contributed by atoms with van der Waals surface area (Å²) in [5.74, 6) is 0.0610. The third kappa shape index (κ3) is 5.98. The molecular weight excluding hydrogens is 316 g/mol. The second-order valence-electron chi connectivity index (χ2n) is 7.44. The fourth-order valence-corrected chi connectivity index (χ4v) is 4.39. The van der Waals surface area contributed by atoms with Crippen LogP contribution in [-0.4, -0.2) is 60.0 Å². The van der Waals surface area contributed by atoms with Crippen molar-refractivity contribution in [1.29, 1.82) is 0 Å². The Balaban J connectivity index is 1.89. The average molecular weight is 353 g/mol. The maximum absolute atomic E-state index is 12.9. The number of hydrogen-bond donors (Lipinski definition) is 0. The van der Waals surface area contributed by atoms with E-state index in [-0.39, 0.29) is 25.0 Å². The Morgan fingerprint density at radius 2 is 1.20 bits per heavy atom. The molecular formula is C20H36N2O3. The summed E-state index contributed by atoms with van der Waals surface area (Å²) in [7, 11) is 0. The highest BCUT2D eigenvalue weighted by atomic mass is 16.5. The normalized spacial score (nSPS) is 19.6. The molecule has 5 nitrogen and oxygen atoms in total. The summed E-state index contributed by atoms with van der Waals surface area (Å²) in [6, 6.07) is 0.762. The van der Waals surface area contributed by atoms with Gasteiger partial charge in [-0.3, -0.25) is 9.59 Å². The van der Waals surface area contributed by atoms with E-state index < -0.39 is 0 Å². The molecule has 25 heavy (non-hydrogen) atoms. The van der Waals surface area contributed by atoms with Crippen LogP contribution in [0.2, 0.25) is 0 Å². The lowest BCUT2D eigenvalue weighted by atomic mass is 9.88. The molecule has 0 aromatic heterocycles. The molecule has 0 atom stereocenters. The predicted octanol–water partition coefficient (Wildman–Crippen LogP) is 3.37. The summed E-state index contributed by atoms with van der Waals surface area (Å²) in [5.41, 5.74) is 0. The van der Waals surface area contributed by atoms with Gasteiger partial charge >= 0.3 is 0 Å². The Bertz CT molecular complexity index is 393. The number of ether oxygens (including phenoxy) is 1. The van der Waals surface area contributed by atoms with Gasteiger partial charge in [0.15, 0.2) is 0 Å². The van der Waals surface area contributed by atoms with Crippen LogP contribution in [0.1, 0.15) is 78.1 Å². The van der Waals surface area contributed by atoms with Gasteiger partial charge in [-0.05, 0) is 39.5 Å². The Labute approximate surface area is 153 Å². The molecule has 2 amide bonds. The van der Waals surface area contributed by atoms with Crippen LogP contribution in [0.4, 0.5) is 0 Å². The standard InChI is InChI=1S/C20H36N2O3/c1-3-21(4-2)19(23)15-25-16-20(24)22(17-11-7-5-8-12-17)18-13-9-6-10-14-18/h17-18H,3-16H2,1-2H3. The molecule has 0 unspecified atom stereocenters. The molecule has 0 spiro atoms. The molecule has 0 aromatic rings. The van der Waals surface area contributed by atoms with Crippen LogP contribution in [0.5, 0.6) is 0 Å². The van der Waals surface area contributed by atoms with Crippen LogP contribution >= 0.6 is 0 Å². The quantitative estimate of drug-likeness (QED) is 0.673. The highest BCUT2D eigenvalue weighted by Gasteiger charge is 2.32. The van der Waals surface area contributed by atoms with E-state index in [1.165, 1.54) is 38.5 Å². The molecule has 144 valence electrons. The minimum Gasteiger partial charge on any atom is -0.362 e. The zero-order chi connectivity index (χ0) is 18.1. The van der Waals surface area contributed by atoms with Crippen molar-refractivity contribution in [2.75, 3.05) is 26.3 Å². The lowest BCUT2D eigenvalue weighted by Gasteiger charge is -2.41. The zero-order valence-electron chi connectivity index (χ0n) is 16.2. The van der Waals surface area contributed by atoms with Gasteiger partial charge in [-0.25, -0.2) is 0 Å². The van der Waals surface area contributed by atoms with Gasteiger partial charge in [0.25, 0.3) is 0 Å². The molecule has 0 heterocycles. The van der Waals surface area contributed by atoms with Crippen LogP contribution < -0.4 is 0 Å². The molecule has 0 bridgehead atoms. The van der Waals surface area contributed by atoms with E-state index in [2.05, 4.69) is 4.90 Å². The van der Waals surface area contributed by atoms with Crippen LogP contribution in [0.3, 0.4) is 0 Å². The summed E-state index contributed by atoms with van der Waals surface area (Å²) < 4.78 is 5.52. The summed E-state index contributed by atoms with van der Waals surface area (Å²) in [6.45, 7) is 5.34. The largest absolute Gasteiger partial charge is 0.362 e. The first kappa shape index (κ1) is 20.2. The zero-order valence-corrected chi connectivity index (χ0v) is 16.2. The van der Waals surface area contributed by atoms with Crippen LogP contribution in [0, 0.1) is 0 Å². The van der Waals surface area contributed by atoms with Crippen molar-refractivity contribution >= 4 is 11.8 Å². The number of rotatable bonds is 8. The van der Waals surface area contributed by atoms with Gasteiger partial charge in [0.2, 0.25) is 11.8 Å². The van der Waals surface area contributed by atoms with Gasteiger partial charge in [0.05, 0.1) is 0 Å². The van der Waals surface area contributed by atoms with Crippen molar-refractivity contribution < 1.29 is 14.3 Å². The van der Waals surface area contributed by atoms with E-state index in [1.54, 1.807) is 4.90 Å². The molecule has 0 radical (unpaired) electrons. The number of nitrogens with zero attached hydrogens (tertiary/aromatic N) is 2. The molecule has 0 aromatic carbocycles. The van der Waals surface area contributed by atoms with Crippen molar-refractivity contribution in [3.8, 4) is 0 Å². The van der Waals surface area contributed by atoms with Crippen LogP contribution in [0.25, 0.3) is 0 Å². The summed E-state index contributed by atoms with van der Waals surface area (Å²) in [6.07, 6.45) is 12.0. The molecule has 0 saturated heterocycles. The first-order valence-corrected chi connectivity index (χ1v) is 10.3. The van der Waals surface area contributed by atoms with E-state index in [1.807, 2.05) is 13.8 Å². The Kier molecular flexibility index (Phi) is 8.73. The van der Waals surface area contributed by atoms with Gasteiger partial charge in [-0.2, -0.15) is 0 Å². The van der Waals surface area contributed by atoms with Crippen molar-refractivity contribution in [3.63, 3.8) is 0 Å². The van der Waals surface area contributed by atoms with E-state index >= 15 is 0 Å². The number of hydrogen-bond acceptors (Lipinski definition) is 3. The smallest absolute Gasteiger partial charge is 0.249 e. The molecule has 0 N–H and O–H groups in total. The first-order chi connectivity index (χ1) is 12.2. The lowest BCUT2D eigenvalue weighted by Crippen LogP contribution is -2.50. The monoisotopic (exact) mass is 352 g/mol. The molecule has 2 aliphatic carbocycles. The van der Waals surface area contributed by atoms with Crippen molar-refractivity contribution in [2.24, 2.45) is 0 Å². The van der Waals surface area contributed by atoms with Crippen molar-refractivity contribution in [3.05, 3.63) is 0 Å². The third-order valence-corrected chi connectivity index (χ3v) is 5.79. The van der Waals surface area contributed by atoms with Crippen molar-refractivity contribution in [1.82, 2.24) is 9.80 Å². The van der Waals surface area contributed by atoms with Crippen LogP contribution in [0.15, 0.2) is 0 Å². The maximum Gasteiger partial charge on any atom is 0.249 e. The maximum atomic E-state index is 12.9. The Morgan fingerprint density at radius 3 is 1.64 bits per heavy atom. The number of carbonyl (C=O) groups is 2. The van der Waals surface area contributed by atoms with Gasteiger partial charge in [-0.15, -0.1) is 0 Å². The van der Waals surface area contributed by atoms with Crippen molar-refractivity contribution in [2.45, 2.75) is 90.1 Å². The number of amides is 2. The Hall–Kier alpha value is -1.10. The molecule has 5 heteroatoms. The van der Waals surface area contributed by atoms with Gasteiger partial charge in [0.1, 0.15) is 13.2 Å². The predicted molar refractivity (Wildman–Crippen MR) is 99.3 cm³/mol. The highest BCUT2D eigenvalue weighted by molar-refractivity contribution is 5.80.